The van der Waals surface area contributed by atoms with E-state index in [4.69, 9.17) is 5.11 Å². The summed E-state index contributed by atoms with van der Waals surface area (Å²) in [4.78, 5) is 22.9. The topological polar surface area (TPSA) is 66.4 Å². The quantitative estimate of drug-likeness (QED) is 0.890. The molecule has 1 unspecified atom stereocenters. The Morgan fingerprint density at radius 3 is 2.30 bits per heavy atom. The van der Waals surface area contributed by atoms with Crippen molar-refractivity contribution in [3.63, 3.8) is 0 Å². The lowest BCUT2D eigenvalue weighted by Gasteiger charge is -2.27. The lowest BCUT2D eigenvalue weighted by atomic mass is 9.86. The number of carboxylic acids is 1. The van der Waals surface area contributed by atoms with Crippen LogP contribution in [0.4, 0.5) is 8.78 Å². The van der Waals surface area contributed by atoms with Crippen molar-refractivity contribution in [2.24, 2.45) is 5.41 Å². The number of hydrogen-bond donors (Lipinski definition) is 2. The second-order valence-electron chi connectivity index (χ2n) is 5.63. The normalized spacial score (nSPS) is 12.8. The van der Waals surface area contributed by atoms with Gasteiger partial charge in [-0.05, 0) is 23.1 Å². The molecule has 20 heavy (non-hydrogen) atoms. The standard InChI is InChI=1S/C14H17F2NO3/c1-14(2,3)12(13(19)20)17-11(18)7-8-4-5-9(15)10(16)6-8/h4-6,12H,7H2,1-3H3,(H,17,18)(H,19,20). The summed E-state index contributed by atoms with van der Waals surface area (Å²) < 4.78 is 25.8. The molecule has 0 aliphatic rings. The summed E-state index contributed by atoms with van der Waals surface area (Å²) in [6, 6.07) is 2.07. The number of nitrogens with one attached hydrogen (secondary N) is 1. The molecule has 4 nitrogen and oxygen atoms in total. The van der Waals surface area contributed by atoms with Gasteiger partial charge in [0.2, 0.25) is 5.91 Å². The van der Waals surface area contributed by atoms with Crippen LogP contribution < -0.4 is 5.32 Å². The van der Waals surface area contributed by atoms with Crippen LogP contribution in [0, 0.1) is 17.0 Å². The fourth-order valence-electron chi connectivity index (χ4n) is 1.70. The van der Waals surface area contributed by atoms with E-state index in [2.05, 4.69) is 5.32 Å². The average Bonchev–Trinajstić information content (AvgIpc) is 2.29. The third-order valence-electron chi connectivity index (χ3n) is 2.77. The number of hydrogen-bond acceptors (Lipinski definition) is 2. The zero-order chi connectivity index (χ0) is 15.5. The molecule has 6 heteroatoms. The third-order valence-corrected chi connectivity index (χ3v) is 2.77. The first kappa shape index (κ1) is 16.1. The highest BCUT2D eigenvalue weighted by atomic mass is 19.2. The predicted octanol–water partition coefficient (Wildman–Crippen LogP) is 2.12. The smallest absolute Gasteiger partial charge is 0.326 e. The van der Waals surface area contributed by atoms with Crippen molar-refractivity contribution in [1.29, 1.82) is 0 Å². The van der Waals surface area contributed by atoms with E-state index in [1.54, 1.807) is 20.8 Å². The molecule has 1 aromatic rings. The molecule has 0 heterocycles. The molecule has 0 spiro atoms. The number of benzene rings is 1. The summed E-state index contributed by atoms with van der Waals surface area (Å²) in [5.74, 6) is -3.73. The third kappa shape index (κ3) is 4.29. The number of carbonyl (C=O) groups excluding carboxylic acids is 1. The second kappa shape index (κ2) is 5.98. The van der Waals surface area contributed by atoms with Crippen molar-refractivity contribution in [3.8, 4) is 0 Å². The van der Waals surface area contributed by atoms with Crippen LogP contribution >= 0.6 is 0 Å². The Morgan fingerprint density at radius 2 is 1.85 bits per heavy atom. The first-order chi connectivity index (χ1) is 9.11. The van der Waals surface area contributed by atoms with Crippen LogP contribution in [0.25, 0.3) is 0 Å². The maximum atomic E-state index is 13.0. The minimum Gasteiger partial charge on any atom is -0.480 e. The van der Waals surface area contributed by atoms with E-state index >= 15 is 0 Å². The molecule has 1 amide bonds. The van der Waals surface area contributed by atoms with Gasteiger partial charge in [0.05, 0.1) is 6.42 Å². The van der Waals surface area contributed by atoms with Crippen LogP contribution in [-0.4, -0.2) is 23.0 Å². The molecule has 1 rings (SSSR count). The molecule has 0 bridgehead atoms. The number of halogens is 2. The van der Waals surface area contributed by atoms with Gasteiger partial charge in [0, 0.05) is 0 Å². The maximum absolute atomic E-state index is 13.0. The molecule has 1 aromatic carbocycles. The number of amides is 1. The lowest BCUT2D eigenvalue weighted by molar-refractivity contribution is -0.144. The molecule has 0 aliphatic heterocycles. The molecular formula is C14H17F2NO3. The summed E-state index contributed by atoms with van der Waals surface area (Å²) in [5, 5.41) is 11.5. The van der Waals surface area contributed by atoms with E-state index in [1.807, 2.05) is 0 Å². The number of rotatable bonds is 4. The van der Waals surface area contributed by atoms with Crippen LogP contribution in [0.3, 0.4) is 0 Å². The van der Waals surface area contributed by atoms with Gasteiger partial charge in [-0.25, -0.2) is 13.6 Å². The zero-order valence-corrected chi connectivity index (χ0v) is 11.5. The number of carbonyl (C=O) groups is 2. The first-order valence-electron chi connectivity index (χ1n) is 6.07. The van der Waals surface area contributed by atoms with E-state index in [0.717, 1.165) is 12.1 Å². The van der Waals surface area contributed by atoms with E-state index in [0.29, 0.717) is 0 Å². The summed E-state index contributed by atoms with van der Waals surface area (Å²) >= 11 is 0. The van der Waals surface area contributed by atoms with Crippen LogP contribution in [0.5, 0.6) is 0 Å². The summed E-state index contributed by atoms with van der Waals surface area (Å²) in [5.41, 5.74) is -0.380. The van der Waals surface area contributed by atoms with Gasteiger partial charge >= 0.3 is 5.97 Å². The Labute approximate surface area is 115 Å². The molecule has 110 valence electrons. The minimum atomic E-state index is -1.14. The highest BCUT2D eigenvalue weighted by Crippen LogP contribution is 2.19. The Hall–Kier alpha value is -1.98. The monoisotopic (exact) mass is 285 g/mol. The van der Waals surface area contributed by atoms with Crippen molar-refractivity contribution >= 4 is 11.9 Å². The van der Waals surface area contributed by atoms with Crippen LogP contribution in [0.15, 0.2) is 18.2 Å². The number of aliphatic carboxylic acids is 1. The largest absolute Gasteiger partial charge is 0.480 e. The fourth-order valence-corrected chi connectivity index (χ4v) is 1.70. The van der Waals surface area contributed by atoms with Gasteiger partial charge in [0.25, 0.3) is 0 Å². The Balaban J connectivity index is 2.76. The average molecular weight is 285 g/mol. The van der Waals surface area contributed by atoms with Crippen molar-refractivity contribution in [3.05, 3.63) is 35.4 Å². The van der Waals surface area contributed by atoms with Crippen molar-refractivity contribution in [1.82, 2.24) is 5.32 Å². The Morgan fingerprint density at radius 1 is 1.25 bits per heavy atom. The molecule has 0 saturated carbocycles. The van der Waals surface area contributed by atoms with Gasteiger partial charge in [-0.1, -0.05) is 26.8 Å². The van der Waals surface area contributed by atoms with Gasteiger partial charge in [-0.15, -0.1) is 0 Å². The number of carboxylic acid groups (broad SMARTS) is 1. The summed E-state index contributed by atoms with van der Waals surface area (Å²) in [6.45, 7) is 5.05. The van der Waals surface area contributed by atoms with Crippen molar-refractivity contribution in [2.45, 2.75) is 33.2 Å². The van der Waals surface area contributed by atoms with Gasteiger partial charge in [-0.2, -0.15) is 0 Å². The van der Waals surface area contributed by atoms with Crippen molar-refractivity contribution in [2.75, 3.05) is 0 Å². The van der Waals surface area contributed by atoms with Crippen LogP contribution in [-0.2, 0) is 16.0 Å². The maximum Gasteiger partial charge on any atom is 0.326 e. The summed E-state index contributed by atoms with van der Waals surface area (Å²) in [6.07, 6.45) is -0.211. The van der Waals surface area contributed by atoms with Crippen molar-refractivity contribution < 1.29 is 23.5 Å². The van der Waals surface area contributed by atoms with Crippen LogP contribution in [0.1, 0.15) is 26.3 Å². The molecule has 0 aromatic heterocycles. The van der Waals surface area contributed by atoms with Gasteiger partial charge < -0.3 is 10.4 Å². The molecule has 0 fully saturated rings. The molecule has 0 radical (unpaired) electrons. The highest BCUT2D eigenvalue weighted by Gasteiger charge is 2.32. The molecule has 0 saturated heterocycles. The molecular weight excluding hydrogens is 268 g/mol. The minimum absolute atomic E-state index is 0.211. The second-order valence-corrected chi connectivity index (χ2v) is 5.63. The lowest BCUT2D eigenvalue weighted by Crippen LogP contribution is -2.49. The predicted molar refractivity (Wildman–Crippen MR) is 69.1 cm³/mol. The summed E-state index contributed by atoms with van der Waals surface area (Å²) in [7, 11) is 0. The van der Waals surface area contributed by atoms with Gasteiger partial charge in [-0.3, -0.25) is 4.79 Å². The van der Waals surface area contributed by atoms with Crippen LogP contribution in [0.2, 0.25) is 0 Å². The zero-order valence-electron chi connectivity index (χ0n) is 11.5. The van der Waals surface area contributed by atoms with E-state index in [-0.39, 0.29) is 12.0 Å². The fraction of sp³-hybridized carbons (Fsp3) is 0.429. The van der Waals surface area contributed by atoms with E-state index in [1.165, 1.54) is 6.07 Å². The van der Waals surface area contributed by atoms with E-state index < -0.39 is 35.0 Å². The Kier molecular flexibility index (Phi) is 4.81. The SMILES string of the molecule is CC(C)(C)C(NC(=O)Cc1ccc(F)c(F)c1)C(=O)O. The molecule has 0 aliphatic carbocycles. The Bertz CT molecular complexity index is 524. The van der Waals surface area contributed by atoms with Gasteiger partial charge in [0.1, 0.15) is 6.04 Å². The molecule has 1 atom stereocenters. The molecule has 2 N–H and O–H groups in total. The van der Waals surface area contributed by atoms with Gasteiger partial charge in [0.15, 0.2) is 11.6 Å². The first-order valence-corrected chi connectivity index (χ1v) is 6.07. The van der Waals surface area contributed by atoms with E-state index in [9.17, 15) is 18.4 Å². The highest BCUT2D eigenvalue weighted by molar-refractivity contribution is 5.85.